The molecule has 0 radical (unpaired) electrons. The number of aryl methyl sites for hydroxylation is 1. The van der Waals surface area contributed by atoms with Crippen LogP contribution in [-0.4, -0.2) is 20.6 Å². The van der Waals surface area contributed by atoms with Gasteiger partial charge in [0.15, 0.2) is 5.13 Å². The Labute approximate surface area is 191 Å². The number of benzene rings is 3. The highest BCUT2D eigenvalue weighted by molar-refractivity contribution is 7.15. The van der Waals surface area contributed by atoms with Crippen molar-refractivity contribution in [1.29, 1.82) is 0 Å². The number of nitrogens with one attached hydrogen (secondary N) is 1. The van der Waals surface area contributed by atoms with Crippen LogP contribution in [0.5, 0.6) is 0 Å². The molecule has 164 valence electrons. The molecule has 0 fully saturated rings. The number of non-ortho nitro benzene ring substituents is 1. The van der Waals surface area contributed by atoms with Gasteiger partial charge in [0.05, 0.1) is 15.9 Å². The van der Waals surface area contributed by atoms with E-state index in [9.17, 15) is 25.0 Å². The van der Waals surface area contributed by atoms with Crippen molar-refractivity contribution in [3.05, 3.63) is 109 Å². The highest BCUT2D eigenvalue weighted by atomic mass is 32.1. The Kier molecular flexibility index (Phi) is 5.92. The normalized spacial score (nSPS) is 10.6. The lowest BCUT2D eigenvalue weighted by Crippen LogP contribution is -2.04. The number of hydrogen-bond donors (Lipinski definition) is 1. The van der Waals surface area contributed by atoms with Crippen LogP contribution in [0.1, 0.15) is 20.9 Å². The molecule has 1 N–H and O–H groups in total. The van der Waals surface area contributed by atoms with E-state index in [0.717, 1.165) is 34.6 Å². The molecule has 0 atom stereocenters. The standard InChI is InChI=1S/C23H16N4O5S/c1-14-21(22(28)17-9-7-16(8-10-17)15-5-3-2-4-6-15)25-23(33-14)24-19-12-11-18(26(29)30)13-20(19)27(31)32/h2-13H,1H3,(H,24,25). The fourth-order valence-electron chi connectivity index (χ4n) is 3.25. The maximum atomic E-state index is 13.0. The number of ketones is 1. The second-order valence-corrected chi connectivity index (χ2v) is 8.24. The molecule has 1 heterocycles. The van der Waals surface area contributed by atoms with Gasteiger partial charge in [0.1, 0.15) is 11.4 Å². The van der Waals surface area contributed by atoms with Crippen molar-refractivity contribution in [2.45, 2.75) is 6.92 Å². The molecule has 33 heavy (non-hydrogen) atoms. The molecule has 10 heteroatoms. The molecule has 0 saturated carbocycles. The quantitative estimate of drug-likeness (QED) is 0.206. The Balaban J connectivity index is 1.58. The third-order valence-corrected chi connectivity index (χ3v) is 5.78. The van der Waals surface area contributed by atoms with Crippen LogP contribution in [0.15, 0.2) is 72.8 Å². The molecule has 0 saturated heterocycles. The van der Waals surface area contributed by atoms with E-state index >= 15 is 0 Å². The van der Waals surface area contributed by atoms with Gasteiger partial charge in [0.25, 0.3) is 11.4 Å². The Bertz CT molecular complexity index is 1370. The number of nitrogens with zero attached hydrogens (tertiary/aromatic N) is 3. The van der Waals surface area contributed by atoms with Crippen molar-refractivity contribution in [3.8, 4) is 11.1 Å². The summed E-state index contributed by atoms with van der Waals surface area (Å²) in [6.07, 6.45) is 0. The average molecular weight is 460 g/mol. The van der Waals surface area contributed by atoms with Gasteiger partial charge in [-0.3, -0.25) is 25.0 Å². The summed E-state index contributed by atoms with van der Waals surface area (Å²) in [7, 11) is 0. The number of hydrogen-bond acceptors (Lipinski definition) is 8. The van der Waals surface area contributed by atoms with Crippen molar-refractivity contribution in [2.24, 2.45) is 0 Å². The third kappa shape index (κ3) is 4.60. The minimum absolute atomic E-state index is 0.0468. The number of carbonyl (C=O) groups excluding carboxylic acids is 1. The highest BCUT2D eigenvalue weighted by Gasteiger charge is 2.22. The summed E-state index contributed by atoms with van der Waals surface area (Å²) >= 11 is 1.16. The molecule has 0 spiro atoms. The summed E-state index contributed by atoms with van der Waals surface area (Å²) in [5.74, 6) is -0.269. The fraction of sp³-hybridized carbons (Fsp3) is 0.0435. The van der Waals surface area contributed by atoms with Crippen LogP contribution in [0.25, 0.3) is 11.1 Å². The van der Waals surface area contributed by atoms with Gasteiger partial charge >= 0.3 is 0 Å². The first-order valence-electron chi connectivity index (χ1n) is 9.71. The molecular formula is C23H16N4O5S. The van der Waals surface area contributed by atoms with Crippen LogP contribution < -0.4 is 5.32 Å². The molecular weight excluding hydrogens is 444 g/mol. The Morgan fingerprint density at radius 1 is 0.909 bits per heavy atom. The predicted molar refractivity (Wildman–Crippen MR) is 125 cm³/mol. The maximum absolute atomic E-state index is 13.0. The van der Waals surface area contributed by atoms with E-state index in [0.29, 0.717) is 10.4 Å². The second-order valence-electron chi connectivity index (χ2n) is 7.04. The van der Waals surface area contributed by atoms with Gasteiger partial charge in [-0.05, 0) is 24.1 Å². The summed E-state index contributed by atoms with van der Waals surface area (Å²) in [6.45, 7) is 1.73. The van der Waals surface area contributed by atoms with Crippen molar-refractivity contribution in [3.63, 3.8) is 0 Å². The van der Waals surface area contributed by atoms with Crippen LogP contribution in [0.4, 0.5) is 22.2 Å². The number of aromatic nitrogens is 1. The van der Waals surface area contributed by atoms with Crippen molar-refractivity contribution in [1.82, 2.24) is 4.98 Å². The molecule has 4 rings (SSSR count). The second kappa shape index (κ2) is 8.97. The van der Waals surface area contributed by atoms with E-state index in [2.05, 4.69) is 10.3 Å². The fourth-order valence-corrected chi connectivity index (χ4v) is 4.07. The lowest BCUT2D eigenvalue weighted by Gasteiger charge is -2.04. The Morgan fingerprint density at radius 2 is 1.58 bits per heavy atom. The van der Waals surface area contributed by atoms with E-state index in [1.165, 1.54) is 6.07 Å². The molecule has 0 bridgehead atoms. The SMILES string of the molecule is Cc1sc(Nc2ccc([N+](=O)[O-])cc2[N+](=O)[O-])nc1C(=O)c1ccc(-c2ccccc2)cc1. The Hall–Kier alpha value is -4.44. The largest absolute Gasteiger partial charge is 0.326 e. The first-order chi connectivity index (χ1) is 15.8. The molecule has 0 unspecified atom stereocenters. The van der Waals surface area contributed by atoms with E-state index in [1.54, 1.807) is 19.1 Å². The van der Waals surface area contributed by atoms with Crippen LogP contribution >= 0.6 is 11.3 Å². The predicted octanol–water partition coefficient (Wildman–Crippen LogP) is 5.91. The molecule has 0 amide bonds. The summed E-state index contributed by atoms with van der Waals surface area (Å²) in [4.78, 5) is 38.8. The number of anilines is 2. The minimum atomic E-state index is -0.712. The topological polar surface area (TPSA) is 128 Å². The van der Waals surface area contributed by atoms with Gasteiger partial charge in [-0.1, -0.05) is 54.6 Å². The first kappa shape index (κ1) is 21.8. The van der Waals surface area contributed by atoms with Gasteiger partial charge in [-0.25, -0.2) is 4.98 Å². The minimum Gasteiger partial charge on any atom is -0.326 e. The van der Waals surface area contributed by atoms with Crippen LogP contribution in [0.3, 0.4) is 0 Å². The molecule has 3 aromatic carbocycles. The molecule has 0 aliphatic rings. The van der Waals surface area contributed by atoms with Crippen LogP contribution in [-0.2, 0) is 0 Å². The van der Waals surface area contributed by atoms with Crippen LogP contribution in [0.2, 0.25) is 0 Å². The van der Waals surface area contributed by atoms with Crippen molar-refractivity contribution < 1.29 is 14.6 Å². The summed E-state index contributed by atoms with van der Waals surface area (Å²) in [6, 6.07) is 20.3. The molecule has 0 aliphatic carbocycles. The van der Waals surface area contributed by atoms with Gasteiger partial charge in [-0.15, -0.1) is 11.3 Å². The van der Waals surface area contributed by atoms with Gasteiger partial charge < -0.3 is 5.32 Å². The number of carbonyl (C=O) groups is 1. The average Bonchev–Trinajstić information content (AvgIpc) is 3.19. The molecule has 4 aromatic rings. The van der Waals surface area contributed by atoms with Crippen LogP contribution in [0, 0.1) is 27.2 Å². The zero-order valence-corrected chi connectivity index (χ0v) is 18.0. The first-order valence-corrected chi connectivity index (χ1v) is 10.5. The third-order valence-electron chi connectivity index (χ3n) is 4.90. The number of rotatable bonds is 7. The maximum Gasteiger partial charge on any atom is 0.299 e. The van der Waals surface area contributed by atoms with E-state index in [4.69, 9.17) is 0 Å². The number of nitro benzene ring substituents is 2. The zero-order chi connectivity index (χ0) is 23.5. The van der Waals surface area contributed by atoms with Gasteiger partial charge in [0, 0.05) is 16.5 Å². The summed E-state index contributed by atoms with van der Waals surface area (Å²) < 4.78 is 0. The van der Waals surface area contributed by atoms with Crippen molar-refractivity contribution >= 4 is 39.3 Å². The molecule has 0 aliphatic heterocycles. The lowest BCUT2D eigenvalue weighted by atomic mass is 10.0. The van der Waals surface area contributed by atoms with Crippen molar-refractivity contribution in [2.75, 3.05) is 5.32 Å². The zero-order valence-electron chi connectivity index (χ0n) is 17.2. The number of nitro groups is 2. The molecule has 1 aromatic heterocycles. The molecule has 9 nitrogen and oxygen atoms in total. The smallest absolute Gasteiger partial charge is 0.299 e. The monoisotopic (exact) mass is 460 g/mol. The van der Waals surface area contributed by atoms with E-state index < -0.39 is 21.2 Å². The van der Waals surface area contributed by atoms with Gasteiger partial charge in [-0.2, -0.15) is 0 Å². The summed E-state index contributed by atoms with van der Waals surface area (Å²) in [5, 5.41) is 25.4. The Morgan fingerprint density at radius 3 is 2.21 bits per heavy atom. The number of thiazole rings is 1. The van der Waals surface area contributed by atoms with Gasteiger partial charge in [0.2, 0.25) is 5.78 Å². The van der Waals surface area contributed by atoms with E-state index in [1.807, 2.05) is 42.5 Å². The summed E-state index contributed by atoms with van der Waals surface area (Å²) in [5.41, 5.74) is 1.92. The highest BCUT2D eigenvalue weighted by Crippen LogP contribution is 2.34. The van der Waals surface area contributed by atoms with E-state index in [-0.39, 0.29) is 22.3 Å². The lowest BCUT2D eigenvalue weighted by molar-refractivity contribution is -0.393.